The molecule has 0 aromatic heterocycles. The quantitative estimate of drug-likeness (QED) is 0.611. The van der Waals surface area contributed by atoms with Gasteiger partial charge >= 0.3 is 5.97 Å². The molecule has 0 saturated carbocycles. The van der Waals surface area contributed by atoms with Gasteiger partial charge in [0.1, 0.15) is 12.4 Å². The van der Waals surface area contributed by atoms with Crippen LogP contribution in [0.2, 0.25) is 0 Å². The van der Waals surface area contributed by atoms with Crippen molar-refractivity contribution in [3.05, 3.63) is 35.9 Å². The second-order valence-corrected chi connectivity index (χ2v) is 7.18. The van der Waals surface area contributed by atoms with Crippen LogP contribution in [0.3, 0.4) is 0 Å². The van der Waals surface area contributed by atoms with E-state index in [9.17, 15) is 14.4 Å². The van der Waals surface area contributed by atoms with E-state index in [1.165, 1.54) is 6.92 Å². The molecule has 1 aromatic rings. The van der Waals surface area contributed by atoms with Crippen LogP contribution in [0.4, 0.5) is 0 Å². The Balaban J connectivity index is 2.66. The molecular weight excluding hydrogens is 330 g/mol. The molecule has 2 atom stereocenters. The van der Waals surface area contributed by atoms with E-state index in [-0.39, 0.29) is 36.5 Å². The number of hydrogen-bond acceptors (Lipinski definition) is 5. The molecule has 2 unspecified atom stereocenters. The van der Waals surface area contributed by atoms with Crippen molar-refractivity contribution >= 4 is 17.5 Å². The molecule has 0 aliphatic carbocycles. The Morgan fingerprint density at radius 3 is 2.27 bits per heavy atom. The molecular formula is C21H31NO4. The van der Waals surface area contributed by atoms with Gasteiger partial charge in [-0.1, -0.05) is 51.1 Å². The van der Waals surface area contributed by atoms with Gasteiger partial charge in [0.2, 0.25) is 0 Å². The monoisotopic (exact) mass is 361 g/mol. The Labute approximate surface area is 156 Å². The molecule has 0 aliphatic heterocycles. The summed E-state index contributed by atoms with van der Waals surface area (Å²) >= 11 is 0. The lowest BCUT2D eigenvalue weighted by molar-refractivity contribution is -0.145. The fraction of sp³-hybridized carbons (Fsp3) is 0.571. The number of Topliss-reactive ketones (excluding diaryl/α,β-unsaturated/α-hetero) is 2. The van der Waals surface area contributed by atoms with Crippen LogP contribution < -0.4 is 5.32 Å². The predicted molar refractivity (Wildman–Crippen MR) is 102 cm³/mol. The number of rotatable bonds is 11. The van der Waals surface area contributed by atoms with E-state index in [0.29, 0.717) is 12.8 Å². The maximum absolute atomic E-state index is 12.5. The second-order valence-electron chi connectivity index (χ2n) is 7.18. The molecule has 5 heteroatoms. The van der Waals surface area contributed by atoms with E-state index in [4.69, 9.17) is 4.74 Å². The summed E-state index contributed by atoms with van der Waals surface area (Å²) < 4.78 is 5.28. The fourth-order valence-corrected chi connectivity index (χ4v) is 2.60. The summed E-state index contributed by atoms with van der Waals surface area (Å²) in [5, 5.41) is 3.18. The average Bonchev–Trinajstić information content (AvgIpc) is 2.63. The van der Waals surface area contributed by atoms with E-state index in [2.05, 4.69) is 5.32 Å². The van der Waals surface area contributed by atoms with Gasteiger partial charge in [0.05, 0.1) is 11.6 Å². The lowest BCUT2D eigenvalue weighted by Crippen LogP contribution is -2.55. The first kappa shape index (κ1) is 22.0. The van der Waals surface area contributed by atoms with E-state index >= 15 is 0 Å². The Hall–Kier alpha value is -2.01. The molecule has 26 heavy (non-hydrogen) atoms. The van der Waals surface area contributed by atoms with Crippen LogP contribution in [0.5, 0.6) is 0 Å². The zero-order chi connectivity index (χ0) is 19.7. The number of carbonyl (C=O) groups is 3. The molecule has 1 aromatic carbocycles. The molecule has 1 N–H and O–H groups in total. The van der Waals surface area contributed by atoms with Crippen molar-refractivity contribution in [1.29, 1.82) is 0 Å². The van der Waals surface area contributed by atoms with Crippen LogP contribution in [-0.2, 0) is 25.7 Å². The summed E-state index contributed by atoms with van der Waals surface area (Å²) in [7, 11) is 0. The third-order valence-corrected chi connectivity index (χ3v) is 4.77. The van der Waals surface area contributed by atoms with E-state index in [0.717, 1.165) is 5.56 Å². The van der Waals surface area contributed by atoms with E-state index in [1.807, 2.05) is 51.1 Å². The minimum atomic E-state index is -0.775. The zero-order valence-corrected chi connectivity index (χ0v) is 16.5. The van der Waals surface area contributed by atoms with Crippen molar-refractivity contribution in [2.45, 2.75) is 72.1 Å². The van der Waals surface area contributed by atoms with Gasteiger partial charge in [0.25, 0.3) is 0 Å². The van der Waals surface area contributed by atoms with Gasteiger partial charge in [-0.2, -0.15) is 0 Å². The van der Waals surface area contributed by atoms with Gasteiger partial charge in [-0.25, -0.2) is 0 Å². The van der Waals surface area contributed by atoms with Crippen molar-refractivity contribution < 1.29 is 19.1 Å². The minimum absolute atomic E-state index is 0.00165. The highest BCUT2D eigenvalue weighted by Gasteiger charge is 2.33. The molecule has 0 heterocycles. The molecule has 144 valence electrons. The van der Waals surface area contributed by atoms with Crippen LogP contribution in [0.25, 0.3) is 0 Å². The predicted octanol–water partition coefficient (Wildman–Crippen LogP) is 3.45. The van der Waals surface area contributed by atoms with Crippen molar-refractivity contribution in [2.24, 2.45) is 5.92 Å². The summed E-state index contributed by atoms with van der Waals surface area (Å²) in [6.07, 6.45) is 1.01. The SMILES string of the molecule is CCC(C)(NC(CCC(=O)OCc1ccccc1)C(=O)C(C)C)C(C)=O. The molecule has 0 saturated heterocycles. The highest BCUT2D eigenvalue weighted by Crippen LogP contribution is 2.16. The topological polar surface area (TPSA) is 72.5 Å². The minimum Gasteiger partial charge on any atom is -0.461 e. The number of ketones is 2. The van der Waals surface area contributed by atoms with Crippen LogP contribution in [0.15, 0.2) is 30.3 Å². The van der Waals surface area contributed by atoms with Crippen molar-refractivity contribution in [2.75, 3.05) is 0 Å². The molecule has 0 fully saturated rings. The van der Waals surface area contributed by atoms with Crippen LogP contribution in [0.1, 0.15) is 59.4 Å². The lowest BCUT2D eigenvalue weighted by Gasteiger charge is -2.32. The van der Waals surface area contributed by atoms with Gasteiger partial charge in [-0.05, 0) is 32.3 Å². The maximum atomic E-state index is 12.5. The number of carbonyl (C=O) groups excluding carboxylic acids is 3. The smallest absolute Gasteiger partial charge is 0.306 e. The normalized spacial score (nSPS) is 14.5. The Morgan fingerprint density at radius 2 is 1.77 bits per heavy atom. The number of ether oxygens (including phenoxy) is 1. The van der Waals surface area contributed by atoms with Crippen LogP contribution in [-0.4, -0.2) is 29.1 Å². The van der Waals surface area contributed by atoms with Gasteiger partial charge < -0.3 is 4.74 Å². The maximum Gasteiger partial charge on any atom is 0.306 e. The Kier molecular flexibility index (Phi) is 8.66. The van der Waals surface area contributed by atoms with Gasteiger partial charge in [-0.15, -0.1) is 0 Å². The Bertz CT molecular complexity index is 612. The van der Waals surface area contributed by atoms with Gasteiger partial charge in [0, 0.05) is 12.3 Å². The highest BCUT2D eigenvalue weighted by atomic mass is 16.5. The molecule has 0 amide bonds. The van der Waals surface area contributed by atoms with Crippen LogP contribution in [0, 0.1) is 5.92 Å². The zero-order valence-electron chi connectivity index (χ0n) is 16.5. The molecule has 0 bridgehead atoms. The molecule has 5 nitrogen and oxygen atoms in total. The molecule has 0 radical (unpaired) electrons. The van der Waals surface area contributed by atoms with Gasteiger partial charge in [0.15, 0.2) is 5.78 Å². The first-order valence-electron chi connectivity index (χ1n) is 9.21. The first-order valence-corrected chi connectivity index (χ1v) is 9.21. The molecule has 0 spiro atoms. The first-order chi connectivity index (χ1) is 12.2. The van der Waals surface area contributed by atoms with E-state index < -0.39 is 11.6 Å². The van der Waals surface area contributed by atoms with Crippen molar-refractivity contribution in [1.82, 2.24) is 5.32 Å². The number of esters is 1. The van der Waals surface area contributed by atoms with Crippen molar-refractivity contribution in [3.8, 4) is 0 Å². The van der Waals surface area contributed by atoms with Crippen molar-refractivity contribution in [3.63, 3.8) is 0 Å². The summed E-state index contributed by atoms with van der Waals surface area (Å²) in [6, 6.07) is 8.90. The number of benzene rings is 1. The largest absolute Gasteiger partial charge is 0.461 e. The summed E-state index contributed by atoms with van der Waals surface area (Å²) in [6.45, 7) is 9.07. The lowest BCUT2D eigenvalue weighted by atomic mass is 9.89. The molecule has 0 aliphatic rings. The van der Waals surface area contributed by atoms with E-state index in [1.54, 1.807) is 6.92 Å². The number of nitrogens with one attached hydrogen (secondary N) is 1. The number of hydrogen-bond donors (Lipinski definition) is 1. The Morgan fingerprint density at radius 1 is 1.15 bits per heavy atom. The van der Waals surface area contributed by atoms with Gasteiger partial charge in [-0.3, -0.25) is 19.7 Å². The third kappa shape index (κ3) is 6.71. The summed E-state index contributed by atoms with van der Waals surface area (Å²) in [5.74, 6) is -0.547. The second kappa shape index (κ2) is 10.2. The standard InChI is InChI=1S/C21H31NO4/c1-6-21(5,16(4)23)22-18(20(25)15(2)3)12-13-19(24)26-14-17-10-8-7-9-11-17/h7-11,15,18,22H,6,12-14H2,1-5H3. The van der Waals surface area contributed by atoms with Crippen LogP contribution >= 0.6 is 0 Å². The fourth-order valence-electron chi connectivity index (χ4n) is 2.60. The highest BCUT2D eigenvalue weighted by molar-refractivity contribution is 5.89. The summed E-state index contributed by atoms with van der Waals surface area (Å²) in [4.78, 5) is 36.5. The summed E-state index contributed by atoms with van der Waals surface area (Å²) in [5.41, 5.74) is 0.146. The third-order valence-electron chi connectivity index (χ3n) is 4.77. The molecule has 1 rings (SSSR count). The average molecular weight is 361 g/mol.